The van der Waals surface area contributed by atoms with Gasteiger partial charge in [-0.1, -0.05) is 30.3 Å². The van der Waals surface area contributed by atoms with Gasteiger partial charge in [-0.05, 0) is 90.4 Å². The number of nitrogens with two attached hydrogens (primary N) is 1. The molecule has 0 aliphatic heterocycles. The molecular weight excluding hydrogens is 492 g/mol. The molecule has 200 valence electrons. The minimum atomic E-state index is -0.731. The Bertz CT molecular complexity index is 1350. The second-order valence-electron chi connectivity index (χ2n) is 9.96. The summed E-state index contributed by atoms with van der Waals surface area (Å²) >= 11 is 0. The van der Waals surface area contributed by atoms with E-state index in [9.17, 15) is 9.59 Å². The van der Waals surface area contributed by atoms with Gasteiger partial charge in [0.25, 0.3) is 0 Å². The van der Waals surface area contributed by atoms with Crippen molar-refractivity contribution in [3.63, 3.8) is 0 Å². The number of tetrazole rings is 1. The molecule has 4 aromatic rings. The summed E-state index contributed by atoms with van der Waals surface area (Å²) in [5, 5.41) is 19.9. The highest BCUT2D eigenvalue weighted by Gasteiger charge is 2.29. The minimum absolute atomic E-state index is 0.0787. The normalized spacial score (nSPS) is 17.8. The van der Waals surface area contributed by atoms with E-state index < -0.39 is 6.04 Å². The molecule has 10 heteroatoms. The highest BCUT2D eigenvalue weighted by Crippen LogP contribution is 2.28. The molecule has 1 aliphatic rings. The number of rotatable bonds is 9. The minimum Gasteiger partial charge on any atom is -0.344 e. The van der Waals surface area contributed by atoms with Crippen LogP contribution in [-0.4, -0.2) is 50.0 Å². The molecule has 10 nitrogen and oxygen atoms in total. The van der Waals surface area contributed by atoms with E-state index in [4.69, 9.17) is 5.73 Å². The van der Waals surface area contributed by atoms with Gasteiger partial charge in [-0.2, -0.15) is 5.21 Å². The number of hydrogen-bond acceptors (Lipinski definition) is 7. The quantitative estimate of drug-likeness (QED) is 0.262. The highest BCUT2D eigenvalue weighted by molar-refractivity contribution is 5.97. The van der Waals surface area contributed by atoms with Gasteiger partial charge in [-0.3, -0.25) is 14.6 Å². The van der Waals surface area contributed by atoms with E-state index in [0.29, 0.717) is 30.4 Å². The molecule has 1 fully saturated rings. The first kappa shape index (κ1) is 26.2. The Morgan fingerprint density at radius 2 is 1.69 bits per heavy atom. The van der Waals surface area contributed by atoms with Crippen molar-refractivity contribution in [3.8, 4) is 22.5 Å². The second-order valence-corrected chi connectivity index (χ2v) is 9.96. The van der Waals surface area contributed by atoms with Crippen LogP contribution in [0.5, 0.6) is 0 Å². The van der Waals surface area contributed by atoms with E-state index >= 15 is 0 Å². The van der Waals surface area contributed by atoms with Crippen LogP contribution in [0.4, 0.5) is 5.69 Å². The van der Waals surface area contributed by atoms with Gasteiger partial charge in [-0.15, -0.1) is 10.2 Å². The summed E-state index contributed by atoms with van der Waals surface area (Å²) < 4.78 is 0. The molecular formula is C29H32N8O2. The van der Waals surface area contributed by atoms with Crippen LogP contribution in [0.25, 0.3) is 22.5 Å². The number of hydrogen-bond donors (Lipinski definition) is 4. The van der Waals surface area contributed by atoms with Crippen molar-refractivity contribution in [3.05, 3.63) is 78.6 Å². The maximum Gasteiger partial charge on any atom is 0.247 e. The van der Waals surface area contributed by atoms with Crippen molar-refractivity contribution < 1.29 is 9.59 Å². The first-order chi connectivity index (χ1) is 19.1. The van der Waals surface area contributed by atoms with E-state index in [-0.39, 0.29) is 17.7 Å². The third-order valence-electron chi connectivity index (χ3n) is 7.33. The van der Waals surface area contributed by atoms with E-state index in [1.54, 1.807) is 30.5 Å². The lowest BCUT2D eigenvalue weighted by molar-refractivity contribution is -0.130. The Balaban J connectivity index is 1.29. The fourth-order valence-electron chi connectivity index (χ4n) is 4.98. The molecule has 0 unspecified atom stereocenters. The first-order valence-corrected chi connectivity index (χ1v) is 13.2. The first-order valence-electron chi connectivity index (χ1n) is 13.2. The summed E-state index contributed by atoms with van der Waals surface area (Å²) in [6.07, 6.45) is 7.38. The maximum absolute atomic E-state index is 13.4. The Labute approximate surface area is 226 Å². The van der Waals surface area contributed by atoms with Crippen LogP contribution in [0, 0.1) is 11.8 Å². The lowest BCUT2D eigenvalue weighted by Gasteiger charge is -2.28. The zero-order valence-corrected chi connectivity index (χ0v) is 21.6. The number of amides is 2. The SMILES string of the molecule is NCC1CCC(C(=O)N[C@@H](Cc2ccc(-c3cccnc3)cc2)C(=O)Nc2ccc(-c3nn[nH]n3)cc2)CC1. The van der Waals surface area contributed by atoms with Crippen LogP contribution in [0.2, 0.25) is 0 Å². The molecule has 0 bridgehead atoms. The molecule has 1 atom stereocenters. The Morgan fingerprint density at radius 1 is 0.949 bits per heavy atom. The monoisotopic (exact) mass is 524 g/mol. The van der Waals surface area contributed by atoms with Crippen molar-refractivity contribution in [2.45, 2.75) is 38.1 Å². The van der Waals surface area contributed by atoms with Crippen molar-refractivity contribution >= 4 is 17.5 Å². The van der Waals surface area contributed by atoms with Gasteiger partial charge in [0, 0.05) is 36.0 Å². The molecule has 2 aromatic carbocycles. The number of nitrogens with zero attached hydrogens (tertiary/aromatic N) is 4. The summed E-state index contributed by atoms with van der Waals surface area (Å²) in [5.74, 6) is 0.483. The van der Waals surface area contributed by atoms with Crippen molar-refractivity contribution in [1.29, 1.82) is 0 Å². The molecule has 0 spiro atoms. The summed E-state index contributed by atoms with van der Waals surface area (Å²) in [7, 11) is 0. The maximum atomic E-state index is 13.4. The summed E-state index contributed by atoms with van der Waals surface area (Å²) in [5.41, 5.74) is 10.2. The number of anilines is 1. The standard InChI is InChI=1S/C29H32N8O2/c30-17-20-5-9-23(10-6-20)28(38)33-26(16-19-3-7-21(8-4-19)24-2-1-15-31-18-24)29(39)32-25-13-11-22(12-14-25)27-34-36-37-35-27/h1-4,7-8,11-15,18,20,23,26H,5-6,9-10,16-17,30H2,(H,32,39)(H,33,38)(H,34,35,36,37)/t20?,23?,26-/m0/s1. The van der Waals surface area contributed by atoms with Gasteiger partial charge in [0.1, 0.15) is 6.04 Å². The molecule has 2 aromatic heterocycles. The molecule has 1 saturated carbocycles. The van der Waals surface area contributed by atoms with Gasteiger partial charge in [0.2, 0.25) is 17.6 Å². The number of H-pyrrole nitrogens is 1. The Hall–Kier alpha value is -4.44. The van der Waals surface area contributed by atoms with E-state index in [2.05, 4.69) is 36.2 Å². The van der Waals surface area contributed by atoms with Gasteiger partial charge in [-0.25, -0.2) is 0 Å². The predicted molar refractivity (Wildman–Crippen MR) is 148 cm³/mol. The topological polar surface area (TPSA) is 152 Å². The van der Waals surface area contributed by atoms with Crippen LogP contribution in [0.1, 0.15) is 31.2 Å². The largest absolute Gasteiger partial charge is 0.344 e. The van der Waals surface area contributed by atoms with Gasteiger partial charge >= 0.3 is 0 Å². The fourth-order valence-corrected chi connectivity index (χ4v) is 4.98. The van der Waals surface area contributed by atoms with E-state index in [1.165, 1.54) is 0 Å². The molecule has 2 amide bonds. The Morgan fingerprint density at radius 3 is 2.33 bits per heavy atom. The van der Waals surface area contributed by atoms with Crippen molar-refractivity contribution in [2.24, 2.45) is 17.6 Å². The van der Waals surface area contributed by atoms with Gasteiger partial charge in [0.15, 0.2) is 0 Å². The molecule has 5 rings (SSSR count). The summed E-state index contributed by atoms with van der Waals surface area (Å²) in [4.78, 5) is 30.8. The van der Waals surface area contributed by atoms with E-state index in [0.717, 1.165) is 47.9 Å². The van der Waals surface area contributed by atoms with Crippen LogP contribution in [0.3, 0.4) is 0 Å². The van der Waals surface area contributed by atoms with Crippen molar-refractivity contribution in [1.82, 2.24) is 30.9 Å². The molecule has 1 aliphatic carbocycles. The summed E-state index contributed by atoms with van der Waals surface area (Å²) in [6.45, 7) is 0.653. The van der Waals surface area contributed by atoms with E-state index in [1.807, 2.05) is 42.6 Å². The number of carbonyl (C=O) groups is 2. The lowest BCUT2D eigenvalue weighted by atomic mass is 9.81. The molecule has 0 radical (unpaired) electrons. The zero-order chi connectivity index (χ0) is 27.0. The lowest BCUT2D eigenvalue weighted by Crippen LogP contribution is -2.48. The Kier molecular flexibility index (Phi) is 8.33. The number of aromatic nitrogens is 5. The van der Waals surface area contributed by atoms with Gasteiger partial charge < -0.3 is 16.4 Å². The highest BCUT2D eigenvalue weighted by atomic mass is 16.2. The third-order valence-corrected chi connectivity index (χ3v) is 7.33. The number of benzene rings is 2. The average molecular weight is 525 g/mol. The van der Waals surface area contributed by atoms with Crippen LogP contribution < -0.4 is 16.4 Å². The fraction of sp³-hybridized carbons (Fsp3) is 0.310. The molecule has 5 N–H and O–H groups in total. The van der Waals surface area contributed by atoms with Crippen LogP contribution >= 0.6 is 0 Å². The number of nitrogens with one attached hydrogen (secondary N) is 3. The predicted octanol–water partition coefficient (Wildman–Crippen LogP) is 3.36. The van der Waals surface area contributed by atoms with Crippen LogP contribution in [0.15, 0.2) is 73.1 Å². The zero-order valence-electron chi connectivity index (χ0n) is 21.6. The third kappa shape index (κ3) is 6.71. The average Bonchev–Trinajstić information content (AvgIpc) is 3.53. The molecule has 0 saturated heterocycles. The van der Waals surface area contributed by atoms with Crippen molar-refractivity contribution in [2.75, 3.05) is 11.9 Å². The number of aromatic amines is 1. The van der Waals surface area contributed by atoms with Gasteiger partial charge in [0.05, 0.1) is 0 Å². The number of carbonyl (C=O) groups excluding carboxylic acids is 2. The molecule has 39 heavy (non-hydrogen) atoms. The molecule has 2 heterocycles. The second kappa shape index (κ2) is 12.4. The smallest absolute Gasteiger partial charge is 0.247 e. The number of pyridine rings is 1. The van der Waals surface area contributed by atoms with Crippen LogP contribution in [-0.2, 0) is 16.0 Å². The summed E-state index contributed by atoms with van der Waals surface area (Å²) in [6, 6.07) is 18.3.